The molecule has 122 valence electrons. The second-order valence-electron chi connectivity index (χ2n) is 4.20. The summed E-state index contributed by atoms with van der Waals surface area (Å²) in [5, 5.41) is 9.92. The van der Waals surface area contributed by atoms with Gasteiger partial charge in [0.25, 0.3) is 0 Å². The van der Waals surface area contributed by atoms with E-state index in [4.69, 9.17) is 14.2 Å². The van der Waals surface area contributed by atoms with Crippen LogP contribution >= 0.6 is 0 Å². The average molecular weight is 314 g/mol. The Balaban J connectivity index is 5.63. The van der Waals surface area contributed by atoms with Crippen molar-refractivity contribution in [3.63, 3.8) is 0 Å². The van der Waals surface area contributed by atoms with E-state index >= 15 is 0 Å². The molecule has 0 aliphatic heterocycles. The van der Waals surface area contributed by atoms with Gasteiger partial charge in [0.15, 0.2) is 30.7 Å². The number of aliphatic hydroxyl groups is 1. The minimum Gasteiger partial charge on any atom is -0.455 e. The van der Waals surface area contributed by atoms with E-state index in [2.05, 4.69) is 11.8 Å². The van der Waals surface area contributed by atoms with Gasteiger partial charge in [0.2, 0.25) is 0 Å². The van der Waals surface area contributed by atoms with Crippen LogP contribution in [0.2, 0.25) is 0 Å². The predicted octanol–water partition coefficient (Wildman–Crippen LogP) is -0.635. The third-order valence-electron chi connectivity index (χ3n) is 2.29. The second kappa shape index (κ2) is 9.52. The van der Waals surface area contributed by atoms with Crippen molar-refractivity contribution in [2.45, 2.75) is 52.1 Å². The Morgan fingerprint density at radius 1 is 0.955 bits per heavy atom. The molecule has 4 atom stereocenters. The third-order valence-corrected chi connectivity index (χ3v) is 2.29. The van der Waals surface area contributed by atoms with Gasteiger partial charge in [-0.05, 0) is 6.92 Å². The summed E-state index contributed by atoms with van der Waals surface area (Å²) in [7, 11) is 0. The van der Waals surface area contributed by atoms with Crippen molar-refractivity contribution in [1.82, 2.24) is 0 Å². The van der Waals surface area contributed by atoms with Crippen LogP contribution in [0.3, 0.4) is 0 Å². The van der Waals surface area contributed by atoms with E-state index in [1.807, 2.05) is 0 Å². The smallest absolute Gasteiger partial charge is 0.303 e. The van der Waals surface area contributed by atoms with Crippen molar-refractivity contribution < 1.29 is 38.5 Å². The average Bonchev–Trinajstić information content (AvgIpc) is 2.39. The summed E-state index contributed by atoms with van der Waals surface area (Å²) < 4.78 is 14.5. The van der Waals surface area contributed by atoms with E-state index in [1.165, 1.54) is 6.92 Å². The number of aliphatic hydroxyl groups excluding tert-OH is 1. The van der Waals surface area contributed by atoms with Crippen molar-refractivity contribution >= 4 is 24.2 Å². The summed E-state index contributed by atoms with van der Waals surface area (Å²) in [6, 6.07) is 0. The standard InChI is InChI=1S/C14H18O8/c1-5-6-11(19)13(21-9(3)17)14(22-10(4)18)12(7-15)20-8(2)16/h7,11-14,19H,1-4H3/t11?,12-,13-,14+/m1/s1. The number of carbonyl (C=O) groups is 4. The van der Waals surface area contributed by atoms with E-state index < -0.39 is 42.3 Å². The summed E-state index contributed by atoms with van der Waals surface area (Å²) in [5.41, 5.74) is 0. The molecule has 0 aromatic rings. The van der Waals surface area contributed by atoms with Crippen LogP contribution in [0, 0.1) is 11.8 Å². The van der Waals surface area contributed by atoms with E-state index in [9.17, 15) is 24.3 Å². The minimum atomic E-state index is -1.56. The van der Waals surface area contributed by atoms with Crippen LogP contribution in [0.25, 0.3) is 0 Å². The van der Waals surface area contributed by atoms with Crippen LogP contribution in [0.4, 0.5) is 0 Å². The Hall–Kier alpha value is -2.40. The topological polar surface area (TPSA) is 116 Å². The highest BCUT2D eigenvalue weighted by Gasteiger charge is 2.40. The second-order valence-corrected chi connectivity index (χ2v) is 4.20. The fourth-order valence-electron chi connectivity index (χ4n) is 1.61. The van der Waals surface area contributed by atoms with Gasteiger partial charge in [-0.1, -0.05) is 5.92 Å². The van der Waals surface area contributed by atoms with Crippen LogP contribution in [-0.4, -0.2) is 53.7 Å². The van der Waals surface area contributed by atoms with Crippen LogP contribution in [0.5, 0.6) is 0 Å². The zero-order valence-electron chi connectivity index (χ0n) is 12.7. The molecule has 22 heavy (non-hydrogen) atoms. The third kappa shape index (κ3) is 6.85. The van der Waals surface area contributed by atoms with Crippen molar-refractivity contribution in [3.8, 4) is 11.8 Å². The quantitative estimate of drug-likeness (QED) is 0.285. The SMILES string of the molecule is CC#CC(O)[C@@H](OC(C)=O)[C@@H](OC(C)=O)[C@@H](C=O)OC(C)=O. The lowest BCUT2D eigenvalue weighted by Gasteiger charge is -2.30. The van der Waals surface area contributed by atoms with Crippen LogP contribution in [0.15, 0.2) is 0 Å². The van der Waals surface area contributed by atoms with Crippen molar-refractivity contribution in [3.05, 3.63) is 0 Å². The van der Waals surface area contributed by atoms with E-state index in [0.29, 0.717) is 0 Å². The lowest BCUT2D eigenvalue weighted by molar-refractivity contribution is -0.188. The van der Waals surface area contributed by atoms with Crippen LogP contribution < -0.4 is 0 Å². The molecule has 0 radical (unpaired) electrons. The maximum absolute atomic E-state index is 11.2. The van der Waals surface area contributed by atoms with Crippen molar-refractivity contribution in [2.24, 2.45) is 0 Å². The Labute approximate surface area is 127 Å². The summed E-state index contributed by atoms with van der Waals surface area (Å²) in [6.07, 6.45) is -5.92. The van der Waals surface area contributed by atoms with Crippen LogP contribution in [0.1, 0.15) is 27.7 Å². The van der Waals surface area contributed by atoms with Gasteiger partial charge in [-0.25, -0.2) is 0 Å². The van der Waals surface area contributed by atoms with Gasteiger partial charge in [-0.15, -0.1) is 5.92 Å². The molecule has 0 aromatic heterocycles. The number of esters is 3. The molecule has 0 heterocycles. The van der Waals surface area contributed by atoms with Gasteiger partial charge in [0.1, 0.15) is 0 Å². The molecule has 8 nitrogen and oxygen atoms in total. The van der Waals surface area contributed by atoms with Crippen molar-refractivity contribution in [1.29, 1.82) is 0 Å². The first-order valence-electron chi connectivity index (χ1n) is 6.30. The molecule has 0 spiro atoms. The Kier molecular flexibility index (Phi) is 8.48. The first-order chi connectivity index (χ1) is 10.2. The van der Waals surface area contributed by atoms with Crippen molar-refractivity contribution in [2.75, 3.05) is 0 Å². The molecule has 0 saturated heterocycles. The molecule has 0 bridgehead atoms. The molecule has 1 unspecified atom stereocenters. The Morgan fingerprint density at radius 3 is 1.77 bits per heavy atom. The molecular formula is C14H18O8. The normalized spacial score (nSPS) is 15.1. The summed E-state index contributed by atoms with van der Waals surface area (Å²) >= 11 is 0. The maximum atomic E-state index is 11.2. The fraction of sp³-hybridized carbons (Fsp3) is 0.571. The first-order valence-corrected chi connectivity index (χ1v) is 6.30. The summed E-state index contributed by atoms with van der Waals surface area (Å²) in [4.78, 5) is 44.5. The number of ether oxygens (including phenoxy) is 3. The van der Waals surface area contributed by atoms with Gasteiger partial charge in [-0.3, -0.25) is 19.2 Å². The maximum Gasteiger partial charge on any atom is 0.303 e. The van der Waals surface area contributed by atoms with Gasteiger partial charge < -0.3 is 19.3 Å². The molecule has 1 N–H and O–H groups in total. The van der Waals surface area contributed by atoms with Gasteiger partial charge >= 0.3 is 17.9 Å². The molecule has 0 aliphatic rings. The molecule has 8 heteroatoms. The molecule has 0 fully saturated rings. The van der Waals surface area contributed by atoms with Gasteiger partial charge in [-0.2, -0.15) is 0 Å². The number of hydrogen-bond acceptors (Lipinski definition) is 8. The predicted molar refractivity (Wildman–Crippen MR) is 72.2 cm³/mol. The Bertz CT molecular complexity index is 487. The van der Waals surface area contributed by atoms with E-state index in [1.54, 1.807) is 0 Å². The Morgan fingerprint density at radius 2 is 1.41 bits per heavy atom. The number of carbonyl (C=O) groups excluding carboxylic acids is 4. The van der Waals surface area contributed by atoms with E-state index in [0.717, 1.165) is 20.8 Å². The van der Waals surface area contributed by atoms with Gasteiger partial charge in [0.05, 0.1) is 0 Å². The zero-order chi connectivity index (χ0) is 17.3. The lowest BCUT2D eigenvalue weighted by atomic mass is 10.0. The zero-order valence-corrected chi connectivity index (χ0v) is 12.7. The lowest BCUT2D eigenvalue weighted by Crippen LogP contribution is -2.50. The molecular weight excluding hydrogens is 296 g/mol. The molecule has 0 rings (SSSR count). The first kappa shape index (κ1) is 19.6. The fourth-order valence-corrected chi connectivity index (χ4v) is 1.61. The van der Waals surface area contributed by atoms with Crippen LogP contribution in [-0.2, 0) is 33.4 Å². The number of aldehydes is 1. The van der Waals surface area contributed by atoms with Gasteiger partial charge in [0, 0.05) is 20.8 Å². The highest BCUT2D eigenvalue weighted by Crippen LogP contribution is 2.16. The molecule has 0 aromatic carbocycles. The number of rotatable bonds is 7. The summed E-state index contributed by atoms with van der Waals surface area (Å²) in [5.74, 6) is 2.28. The van der Waals surface area contributed by atoms with E-state index in [-0.39, 0.29) is 6.29 Å². The summed E-state index contributed by atoms with van der Waals surface area (Å²) in [6.45, 7) is 4.58. The molecule has 0 saturated carbocycles. The highest BCUT2D eigenvalue weighted by atomic mass is 16.6. The number of hydrogen-bond donors (Lipinski definition) is 1. The monoisotopic (exact) mass is 314 g/mol. The minimum absolute atomic E-state index is 0.206. The highest BCUT2D eigenvalue weighted by molar-refractivity contribution is 5.72. The molecule has 0 aliphatic carbocycles. The molecule has 0 amide bonds. The largest absolute Gasteiger partial charge is 0.455 e.